The highest BCUT2D eigenvalue weighted by Crippen LogP contribution is 2.37. The smallest absolute Gasteiger partial charge is 0.324 e. The van der Waals surface area contributed by atoms with Crippen molar-refractivity contribution in [2.24, 2.45) is 5.73 Å². The predicted octanol–water partition coefficient (Wildman–Crippen LogP) is 3.53. The van der Waals surface area contributed by atoms with Crippen LogP contribution in [0.15, 0.2) is 12.3 Å². The van der Waals surface area contributed by atoms with Crippen molar-refractivity contribution < 1.29 is 26.3 Å². The Morgan fingerprint density at radius 1 is 1.17 bits per heavy atom. The number of nitrogens with two attached hydrogens (primary N) is 1. The van der Waals surface area contributed by atoms with Gasteiger partial charge in [0.25, 0.3) is 0 Å². The fourth-order valence-corrected chi connectivity index (χ4v) is 1.38. The topological polar surface area (TPSA) is 38.9 Å². The molecule has 102 valence electrons. The van der Waals surface area contributed by atoms with Gasteiger partial charge in [-0.25, -0.2) is 0 Å². The van der Waals surface area contributed by atoms with Gasteiger partial charge in [0.15, 0.2) is 0 Å². The summed E-state index contributed by atoms with van der Waals surface area (Å²) in [5.74, 6) is 0. The third kappa shape index (κ3) is 3.12. The molecule has 0 saturated carbocycles. The lowest BCUT2D eigenvalue weighted by molar-refractivity contribution is -0.146. The van der Waals surface area contributed by atoms with Crippen molar-refractivity contribution in [2.75, 3.05) is 0 Å². The first-order chi connectivity index (χ1) is 8.07. The molecule has 0 aliphatic carbocycles. The number of rotatable bonds is 2. The van der Waals surface area contributed by atoms with Gasteiger partial charge < -0.3 is 5.73 Å². The number of hydrogen-bond acceptors (Lipinski definition) is 2. The third-order valence-electron chi connectivity index (χ3n) is 2.37. The first-order valence-corrected chi connectivity index (χ1v) is 4.97. The van der Waals surface area contributed by atoms with Crippen molar-refractivity contribution in [1.82, 2.24) is 4.98 Å². The van der Waals surface area contributed by atoms with Gasteiger partial charge in [-0.05, 0) is 18.1 Å². The van der Waals surface area contributed by atoms with E-state index in [9.17, 15) is 26.3 Å². The Hall–Kier alpha value is -1.31. The lowest BCUT2D eigenvalue weighted by Crippen LogP contribution is -2.20. The van der Waals surface area contributed by atoms with E-state index in [0.29, 0.717) is 6.20 Å². The van der Waals surface area contributed by atoms with Crippen LogP contribution in [-0.4, -0.2) is 4.98 Å². The molecule has 2 N–H and O–H groups in total. The van der Waals surface area contributed by atoms with E-state index in [1.54, 1.807) is 0 Å². The summed E-state index contributed by atoms with van der Waals surface area (Å²) in [4.78, 5) is 2.99. The molecule has 0 amide bonds. The van der Waals surface area contributed by atoms with Crippen LogP contribution in [0.1, 0.15) is 36.2 Å². The Bertz CT molecular complexity index is 423. The van der Waals surface area contributed by atoms with Crippen LogP contribution in [-0.2, 0) is 12.4 Å². The van der Waals surface area contributed by atoms with E-state index in [1.165, 1.54) is 6.92 Å². The van der Waals surface area contributed by atoms with Crippen LogP contribution in [0.4, 0.5) is 26.3 Å². The zero-order valence-corrected chi connectivity index (χ0v) is 9.23. The molecule has 1 aromatic heterocycles. The summed E-state index contributed by atoms with van der Waals surface area (Å²) in [5, 5.41) is 0. The van der Waals surface area contributed by atoms with Crippen LogP contribution in [0.5, 0.6) is 0 Å². The summed E-state index contributed by atoms with van der Waals surface area (Å²) in [7, 11) is 0. The van der Waals surface area contributed by atoms with Gasteiger partial charge in [0.05, 0.1) is 5.56 Å². The maximum absolute atomic E-state index is 12.7. The number of aromatic nitrogens is 1. The zero-order chi connectivity index (χ0) is 14.1. The summed E-state index contributed by atoms with van der Waals surface area (Å²) >= 11 is 0. The number of nitrogens with zero attached hydrogens (tertiary/aromatic N) is 1. The Morgan fingerprint density at radius 2 is 1.72 bits per heavy atom. The van der Waals surface area contributed by atoms with Gasteiger partial charge in [-0.1, -0.05) is 6.92 Å². The summed E-state index contributed by atoms with van der Waals surface area (Å²) in [6.07, 6.45) is -9.12. The molecular weight excluding hydrogens is 262 g/mol. The van der Waals surface area contributed by atoms with Crippen molar-refractivity contribution in [3.63, 3.8) is 0 Å². The van der Waals surface area contributed by atoms with Crippen molar-refractivity contribution in [3.8, 4) is 0 Å². The highest BCUT2D eigenvalue weighted by molar-refractivity contribution is 5.32. The van der Waals surface area contributed by atoms with Crippen molar-refractivity contribution >= 4 is 0 Å². The van der Waals surface area contributed by atoms with Crippen LogP contribution in [0.25, 0.3) is 0 Å². The van der Waals surface area contributed by atoms with Gasteiger partial charge in [-0.2, -0.15) is 26.3 Å². The molecule has 0 fully saturated rings. The second kappa shape index (κ2) is 4.75. The average Bonchev–Trinajstić information content (AvgIpc) is 2.24. The van der Waals surface area contributed by atoms with Gasteiger partial charge in [-0.3, -0.25) is 4.98 Å². The van der Waals surface area contributed by atoms with Crippen molar-refractivity contribution in [1.29, 1.82) is 0 Å². The Morgan fingerprint density at radius 3 is 2.11 bits per heavy atom. The molecule has 8 heteroatoms. The first kappa shape index (κ1) is 14.7. The molecule has 0 aliphatic heterocycles. The quantitative estimate of drug-likeness (QED) is 0.836. The largest absolute Gasteiger partial charge is 0.433 e. The molecule has 18 heavy (non-hydrogen) atoms. The molecule has 0 saturated heterocycles. The van der Waals surface area contributed by atoms with E-state index >= 15 is 0 Å². The van der Waals surface area contributed by atoms with E-state index < -0.39 is 35.2 Å². The Kier molecular flexibility index (Phi) is 3.89. The number of alkyl halides is 6. The molecule has 2 nitrogen and oxygen atoms in total. The molecule has 1 heterocycles. The molecule has 1 aromatic rings. The lowest BCUT2D eigenvalue weighted by Gasteiger charge is -2.18. The monoisotopic (exact) mass is 272 g/mol. The van der Waals surface area contributed by atoms with E-state index in [4.69, 9.17) is 5.73 Å². The second-order valence-corrected chi connectivity index (χ2v) is 3.67. The summed E-state index contributed by atoms with van der Waals surface area (Å²) in [6, 6.07) is -1.01. The molecule has 0 aliphatic rings. The fraction of sp³-hybridized carbons (Fsp3) is 0.500. The molecule has 0 unspecified atom stereocenters. The van der Waals surface area contributed by atoms with E-state index in [0.717, 1.165) is 0 Å². The van der Waals surface area contributed by atoms with Gasteiger partial charge in [0.2, 0.25) is 0 Å². The first-order valence-electron chi connectivity index (χ1n) is 4.97. The minimum Gasteiger partial charge on any atom is -0.324 e. The van der Waals surface area contributed by atoms with Crippen LogP contribution in [0, 0.1) is 0 Å². The molecule has 1 atom stereocenters. The molecular formula is C10H10F6N2. The molecule has 0 radical (unpaired) electrons. The molecule has 0 spiro atoms. The van der Waals surface area contributed by atoms with Gasteiger partial charge in [0.1, 0.15) is 5.69 Å². The number of pyridine rings is 1. The van der Waals surface area contributed by atoms with E-state index in [1.807, 2.05) is 0 Å². The van der Waals surface area contributed by atoms with Crippen molar-refractivity contribution in [3.05, 3.63) is 29.1 Å². The summed E-state index contributed by atoms with van der Waals surface area (Å²) in [5.41, 5.74) is 2.03. The SMILES string of the molecule is CC[C@@H](N)c1cnc(C(F)(F)F)cc1C(F)(F)F. The third-order valence-corrected chi connectivity index (χ3v) is 2.37. The van der Waals surface area contributed by atoms with Crippen LogP contribution in [0.2, 0.25) is 0 Å². The maximum atomic E-state index is 12.7. The van der Waals surface area contributed by atoms with E-state index in [-0.39, 0.29) is 12.5 Å². The predicted molar refractivity (Wildman–Crippen MR) is 51.5 cm³/mol. The van der Waals surface area contributed by atoms with Gasteiger partial charge in [-0.15, -0.1) is 0 Å². The normalized spacial score (nSPS) is 14.7. The van der Waals surface area contributed by atoms with Gasteiger partial charge in [0, 0.05) is 12.2 Å². The van der Waals surface area contributed by atoms with Gasteiger partial charge >= 0.3 is 12.4 Å². The summed E-state index contributed by atoms with van der Waals surface area (Å²) in [6.45, 7) is 1.53. The number of halogens is 6. The fourth-order valence-electron chi connectivity index (χ4n) is 1.38. The standard InChI is InChI=1S/C10H10F6N2/c1-2-7(17)5-4-18-8(10(14,15)16)3-6(5)9(11,12)13/h3-4,7H,2,17H2,1H3/t7-/m1/s1. The minimum atomic E-state index is -4.92. The Balaban J connectivity index is 3.40. The second-order valence-electron chi connectivity index (χ2n) is 3.67. The zero-order valence-electron chi connectivity index (χ0n) is 9.23. The van der Waals surface area contributed by atoms with Crippen LogP contribution >= 0.6 is 0 Å². The lowest BCUT2D eigenvalue weighted by atomic mass is 10.0. The Labute approximate surface area is 98.8 Å². The number of hydrogen-bond donors (Lipinski definition) is 1. The van der Waals surface area contributed by atoms with Crippen LogP contribution < -0.4 is 5.73 Å². The summed E-state index contributed by atoms with van der Waals surface area (Å²) < 4.78 is 74.9. The molecule has 0 aromatic carbocycles. The maximum Gasteiger partial charge on any atom is 0.433 e. The van der Waals surface area contributed by atoms with Crippen LogP contribution in [0.3, 0.4) is 0 Å². The van der Waals surface area contributed by atoms with Crippen molar-refractivity contribution in [2.45, 2.75) is 31.7 Å². The molecule has 1 rings (SSSR count). The molecule has 0 bridgehead atoms. The van der Waals surface area contributed by atoms with E-state index in [2.05, 4.69) is 4.98 Å². The highest BCUT2D eigenvalue weighted by atomic mass is 19.4. The highest BCUT2D eigenvalue weighted by Gasteiger charge is 2.39. The minimum absolute atomic E-state index is 0.00907. The average molecular weight is 272 g/mol.